The van der Waals surface area contributed by atoms with Gasteiger partial charge in [-0.15, -0.1) is 0 Å². The number of aromatic hydroxyl groups is 1. The smallest absolute Gasteiger partial charge is 0.210 e. The zero-order chi connectivity index (χ0) is 11.5. The Morgan fingerprint density at radius 3 is 2.44 bits per heavy atom. The second-order valence-corrected chi connectivity index (χ2v) is 4.15. The molecular formula is C14H15NO. The molecule has 0 radical (unpaired) electrons. The van der Waals surface area contributed by atoms with Crippen molar-refractivity contribution in [2.24, 2.45) is 0 Å². The Hall–Kier alpha value is -1.83. The molecule has 0 saturated heterocycles. The molecule has 2 aromatic rings. The normalized spacial score (nSPS) is 10.7. The third-order valence-corrected chi connectivity index (χ3v) is 2.64. The van der Waals surface area contributed by atoms with Gasteiger partial charge in [-0.05, 0) is 23.1 Å². The molecule has 1 aromatic heterocycles. The molecular weight excluding hydrogens is 198 g/mol. The number of pyridine rings is 1. The molecule has 0 unspecified atom stereocenters. The van der Waals surface area contributed by atoms with E-state index in [1.165, 1.54) is 11.1 Å². The minimum atomic E-state index is 0.0609. The highest BCUT2D eigenvalue weighted by molar-refractivity contribution is 5.67. The van der Waals surface area contributed by atoms with E-state index in [1.54, 1.807) is 12.3 Å². The molecule has 0 aliphatic heterocycles. The molecule has 0 atom stereocenters. The van der Waals surface area contributed by atoms with Gasteiger partial charge in [0.2, 0.25) is 5.88 Å². The summed E-state index contributed by atoms with van der Waals surface area (Å²) in [5.41, 5.74) is 3.53. The molecule has 0 saturated carbocycles. The molecule has 0 fully saturated rings. The largest absolute Gasteiger partial charge is 0.493 e. The minimum Gasteiger partial charge on any atom is -0.493 e. The SMILES string of the molecule is CC(C)c1ccccc1-c1ccc(O)nc1. The third-order valence-electron chi connectivity index (χ3n) is 2.64. The quantitative estimate of drug-likeness (QED) is 0.827. The monoisotopic (exact) mass is 213 g/mol. The first-order chi connectivity index (χ1) is 7.68. The molecule has 1 aromatic carbocycles. The molecule has 2 rings (SSSR count). The Kier molecular flexibility index (Phi) is 2.91. The van der Waals surface area contributed by atoms with Crippen molar-refractivity contribution in [3.8, 4) is 17.0 Å². The standard InChI is InChI=1S/C14H15NO/c1-10(2)12-5-3-4-6-13(12)11-7-8-14(16)15-9-11/h3-10H,1-2H3,(H,15,16). The summed E-state index contributed by atoms with van der Waals surface area (Å²) in [4.78, 5) is 3.91. The van der Waals surface area contributed by atoms with Crippen LogP contribution in [-0.2, 0) is 0 Å². The highest BCUT2D eigenvalue weighted by Crippen LogP contribution is 2.28. The Morgan fingerprint density at radius 1 is 1.06 bits per heavy atom. The van der Waals surface area contributed by atoms with Crippen LogP contribution in [0.1, 0.15) is 25.3 Å². The number of hydrogen-bond acceptors (Lipinski definition) is 2. The van der Waals surface area contributed by atoms with Crippen molar-refractivity contribution in [3.05, 3.63) is 48.2 Å². The third kappa shape index (κ3) is 2.06. The van der Waals surface area contributed by atoms with Crippen LogP contribution >= 0.6 is 0 Å². The van der Waals surface area contributed by atoms with Crippen LogP contribution < -0.4 is 0 Å². The van der Waals surface area contributed by atoms with Crippen molar-refractivity contribution in [1.82, 2.24) is 4.98 Å². The van der Waals surface area contributed by atoms with Crippen LogP contribution in [0.2, 0.25) is 0 Å². The van der Waals surface area contributed by atoms with E-state index in [-0.39, 0.29) is 5.88 Å². The fraction of sp³-hybridized carbons (Fsp3) is 0.214. The lowest BCUT2D eigenvalue weighted by Crippen LogP contribution is -1.92. The molecule has 1 N–H and O–H groups in total. The van der Waals surface area contributed by atoms with E-state index < -0.39 is 0 Å². The average molecular weight is 213 g/mol. The van der Waals surface area contributed by atoms with E-state index in [4.69, 9.17) is 0 Å². The van der Waals surface area contributed by atoms with E-state index in [1.807, 2.05) is 18.2 Å². The second-order valence-electron chi connectivity index (χ2n) is 4.15. The number of hydrogen-bond donors (Lipinski definition) is 1. The summed E-state index contributed by atoms with van der Waals surface area (Å²) in [5, 5.41) is 9.17. The van der Waals surface area contributed by atoms with Gasteiger partial charge in [0.05, 0.1) is 0 Å². The van der Waals surface area contributed by atoms with Gasteiger partial charge in [-0.2, -0.15) is 0 Å². The molecule has 0 bridgehead atoms. The van der Waals surface area contributed by atoms with Gasteiger partial charge in [0.15, 0.2) is 0 Å². The van der Waals surface area contributed by atoms with E-state index in [2.05, 4.69) is 31.0 Å². The lowest BCUT2D eigenvalue weighted by molar-refractivity contribution is 0.453. The molecule has 0 aliphatic rings. The van der Waals surface area contributed by atoms with Crippen LogP contribution in [0.15, 0.2) is 42.6 Å². The van der Waals surface area contributed by atoms with Crippen molar-refractivity contribution in [3.63, 3.8) is 0 Å². The van der Waals surface area contributed by atoms with Gasteiger partial charge in [0, 0.05) is 17.8 Å². The summed E-state index contributed by atoms with van der Waals surface area (Å²) in [6.07, 6.45) is 1.70. The van der Waals surface area contributed by atoms with Crippen molar-refractivity contribution in [2.45, 2.75) is 19.8 Å². The van der Waals surface area contributed by atoms with Gasteiger partial charge in [-0.25, -0.2) is 4.98 Å². The number of benzene rings is 1. The van der Waals surface area contributed by atoms with E-state index in [9.17, 15) is 5.11 Å². The molecule has 82 valence electrons. The zero-order valence-corrected chi connectivity index (χ0v) is 9.51. The highest BCUT2D eigenvalue weighted by atomic mass is 16.3. The summed E-state index contributed by atoms with van der Waals surface area (Å²) in [5.74, 6) is 0.538. The maximum Gasteiger partial charge on any atom is 0.210 e. The van der Waals surface area contributed by atoms with E-state index >= 15 is 0 Å². The Balaban J connectivity index is 2.51. The Morgan fingerprint density at radius 2 is 1.81 bits per heavy atom. The van der Waals surface area contributed by atoms with Crippen LogP contribution in [0.3, 0.4) is 0 Å². The lowest BCUT2D eigenvalue weighted by Gasteiger charge is -2.12. The predicted molar refractivity (Wildman–Crippen MR) is 65.4 cm³/mol. The fourth-order valence-corrected chi connectivity index (χ4v) is 1.81. The fourth-order valence-electron chi connectivity index (χ4n) is 1.81. The van der Waals surface area contributed by atoms with Gasteiger partial charge < -0.3 is 5.11 Å². The summed E-state index contributed by atoms with van der Waals surface area (Å²) in [7, 11) is 0. The number of rotatable bonds is 2. The zero-order valence-electron chi connectivity index (χ0n) is 9.51. The van der Waals surface area contributed by atoms with Gasteiger partial charge >= 0.3 is 0 Å². The molecule has 2 nitrogen and oxygen atoms in total. The molecule has 16 heavy (non-hydrogen) atoms. The van der Waals surface area contributed by atoms with Gasteiger partial charge in [0.1, 0.15) is 0 Å². The van der Waals surface area contributed by atoms with Crippen LogP contribution in [0, 0.1) is 0 Å². The Labute approximate surface area is 95.6 Å². The summed E-state index contributed by atoms with van der Waals surface area (Å²) < 4.78 is 0. The number of nitrogens with zero attached hydrogens (tertiary/aromatic N) is 1. The van der Waals surface area contributed by atoms with Gasteiger partial charge in [-0.3, -0.25) is 0 Å². The molecule has 0 amide bonds. The van der Waals surface area contributed by atoms with Crippen LogP contribution in [0.5, 0.6) is 5.88 Å². The van der Waals surface area contributed by atoms with Crippen molar-refractivity contribution in [2.75, 3.05) is 0 Å². The first-order valence-electron chi connectivity index (χ1n) is 5.43. The molecule has 2 heteroatoms. The number of aromatic nitrogens is 1. The summed E-state index contributed by atoms with van der Waals surface area (Å²) in [6, 6.07) is 11.8. The Bertz CT molecular complexity index is 474. The topological polar surface area (TPSA) is 33.1 Å². The second kappa shape index (κ2) is 4.35. The molecule has 0 aliphatic carbocycles. The van der Waals surface area contributed by atoms with Gasteiger partial charge in [0.25, 0.3) is 0 Å². The first-order valence-corrected chi connectivity index (χ1v) is 5.43. The van der Waals surface area contributed by atoms with E-state index in [0.29, 0.717) is 5.92 Å². The summed E-state index contributed by atoms with van der Waals surface area (Å²) in [6.45, 7) is 4.35. The van der Waals surface area contributed by atoms with Crippen molar-refractivity contribution < 1.29 is 5.11 Å². The van der Waals surface area contributed by atoms with Crippen LogP contribution in [0.4, 0.5) is 0 Å². The van der Waals surface area contributed by atoms with Crippen LogP contribution in [-0.4, -0.2) is 10.1 Å². The maximum atomic E-state index is 9.17. The van der Waals surface area contributed by atoms with Crippen molar-refractivity contribution >= 4 is 0 Å². The van der Waals surface area contributed by atoms with Crippen molar-refractivity contribution in [1.29, 1.82) is 0 Å². The molecule has 0 spiro atoms. The highest BCUT2D eigenvalue weighted by Gasteiger charge is 2.07. The molecule has 1 heterocycles. The maximum absolute atomic E-state index is 9.17. The van der Waals surface area contributed by atoms with E-state index in [0.717, 1.165) is 5.56 Å². The lowest BCUT2D eigenvalue weighted by atomic mass is 9.93. The van der Waals surface area contributed by atoms with Crippen LogP contribution in [0.25, 0.3) is 11.1 Å². The minimum absolute atomic E-state index is 0.0609. The van der Waals surface area contributed by atoms with Gasteiger partial charge in [-0.1, -0.05) is 38.1 Å². The first kappa shape index (κ1) is 10.7. The summed E-state index contributed by atoms with van der Waals surface area (Å²) >= 11 is 0. The average Bonchev–Trinajstić information content (AvgIpc) is 2.30. The predicted octanol–water partition coefficient (Wildman–Crippen LogP) is 3.58.